The summed E-state index contributed by atoms with van der Waals surface area (Å²) < 4.78 is 57.6. The molecule has 0 unspecified atom stereocenters. The van der Waals surface area contributed by atoms with Crippen LogP contribution in [0.1, 0.15) is 35.1 Å². The number of anilines is 2. The summed E-state index contributed by atoms with van der Waals surface area (Å²) in [7, 11) is 1.82. The molecule has 0 atom stereocenters. The highest BCUT2D eigenvalue weighted by Gasteiger charge is 2.40. The minimum absolute atomic E-state index is 0.0146. The Morgan fingerprint density at radius 3 is 2.51 bits per heavy atom. The summed E-state index contributed by atoms with van der Waals surface area (Å²) in [5, 5.41) is 7.64. The Morgan fingerprint density at radius 1 is 1.08 bits per heavy atom. The van der Waals surface area contributed by atoms with Crippen molar-refractivity contribution in [1.82, 2.24) is 20.0 Å². The average Bonchev–Trinajstić information content (AvgIpc) is 3.32. The van der Waals surface area contributed by atoms with Gasteiger partial charge in [-0.1, -0.05) is 30.3 Å². The third-order valence-electron chi connectivity index (χ3n) is 7.54. The lowest BCUT2D eigenvalue weighted by Gasteiger charge is -2.43. The maximum absolute atomic E-state index is 14.6. The second-order valence-corrected chi connectivity index (χ2v) is 10.1. The molecule has 0 spiro atoms. The number of para-hydroxylation sites is 1. The van der Waals surface area contributed by atoms with E-state index in [1.54, 1.807) is 21.7 Å². The molecule has 0 bridgehead atoms. The van der Waals surface area contributed by atoms with Crippen molar-refractivity contribution in [3.8, 4) is 0 Å². The van der Waals surface area contributed by atoms with Gasteiger partial charge >= 0.3 is 12.2 Å². The molecule has 1 saturated heterocycles. The minimum atomic E-state index is -4.54. The number of hydrogen-bond acceptors (Lipinski definition) is 4. The minimum Gasteiger partial charge on any atom is -0.369 e. The number of nitrogens with zero attached hydrogens (tertiary/aromatic N) is 5. The Bertz CT molecular complexity index is 1310. The molecule has 0 saturated carbocycles. The van der Waals surface area contributed by atoms with Crippen molar-refractivity contribution in [2.45, 2.75) is 51.6 Å². The number of benzene rings is 2. The van der Waals surface area contributed by atoms with E-state index in [2.05, 4.69) is 10.4 Å². The van der Waals surface area contributed by atoms with Crippen molar-refractivity contribution < 1.29 is 22.4 Å². The topological polar surface area (TPSA) is 56.6 Å². The molecule has 39 heavy (non-hydrogen) atoms. The largest absolute Gasteiger partial charge is 0.416 e. The molecule has 2 aromatic carbocycles. The molecule has 2 aliphatic rings. The molecular formula is C28H32F4N6O. The van der Waals surface area contributed by atoms with Crippen molar-refractivity contribution in [2.75, 3.05) is 36.5 Å². The number of fused-ring (bicyclic) bond motifs is 1. The van der Waals surface area contributed by atoms with E-state index in [0.29, 0.717) is 57.1 Å². The van der Waals surface area contributed by atoms with E-state index in [9.17, 15) is 22.4 Å². The summed E-state index contributed by atoms with van der Waals surface area (Å²) in [6, 6.07) is 9.86. The van der Waals surface area contributed by atoms with Crippen LogP contribution in [0.4, 0.5) is 33.9 Å². The van der Waals surface area contributed by atoms with Crippen LogP contribution in [0.2, 0.25) is 0 Å². The first-order valence-electron chi connectivity index (χ1n) is 13.1. The van der Waals surface area contributed by atoms with Crippen LogP contribution in [0.5, 0.6) is 0 Å². The van der Waals surface area contributed by atoms with Crippen molar-refractivity contribution in [1.29, 1.82) is 0 Å². The highest BCUT2D eigenvalue weighted by atomic mass is 19.4. The number of aromatic nitrogens is 2. The normalized spacial score (nSPS) is 16.7. The summed E-state index contributed by atoms with van der Waals surface area (Å²) in [6.45, 7) is 4.32. The first kappa shape index (κ1) is 27.0. The Kier molecular flexibility index (Phi) is 7.53. The fourth-order valence-electron chi connectivity index (χ4n) is 5.59. The van der Waals surface area contributed by atoms with Gasteiger partial charge < -0.3 is 15.1 Å². The second kappa shape index (κ2) is 10.9. The van der Waals surface area contributed by atoms with Crippen LogP contribution in [-0.2, 0) is 25.8 Å². The van der Waals surface area contributed by atoms with Crippen LogP contribution in [0.3, 0.4) is 0 Å². The lowest BCUT2D eigenvalue weighted by molar-refractivity contribution is -0.138. The highest BCUT2D eigenvalue weighted by molar-refractivity contribution is 5.94. The summed E-state index contributed by atoms with van der Waals surface area (Å²) in [6.07, 6.45) is -1.43. The first-order valence-corrected chi connectivity index (χ1v) is 13.1. The number of hydrogen-bond donors (Lipinski definition) is 1. The van der Waals surface area contributed by atoms with Gasteiger partial charge in [-0.05, 0) is 50.1 Å². The zero-order valence-electron chi connectivity index (χ0n) is 22.0. The van der Waals surface area contributed by atoms with Gasteiger partial charge in [0, 0.05) is 37.4 Å². The van der Waals surface area contributed by atoms with E-state index in [1.165, 1.54) is 23.1 Å². The van der Waals surface area contributed by atoms with Gasteiger partial charge in [0.15, 0.2) is 5.82 Å². The van der Waals surface area contributed by atoms with E-state index < -0.39 is 11.7 Å². The number of nitrogens with one attached hydrogen (secondary N) is 1. The van der Waals surface area contributed by atoms with Gasteiger partial charge in [-0.2, -0.15) is 18.3 Å². The number of piperidine rings is 1. The van der Waals surface area contributed by atoms with Gasteiger partial charge in [0.25, 0.3) is 0 Å². The molecule has 0 aliphatic carbocycles. The number of likely N-dealkylation sites (N-methyl/N-ethyl adjacent to an activating group) is 1. The zero-order chi connectivity index (χ0) is 27.7. The molecule has 0 radical (unpaired) electrons. The summed E-state index contributed by atoms with van der Waals surface area (Å²) in [5.41, 5.74) is 1.48. The molecule has 5 rings (SSSR count). The van der Waals surface area contributed by atoms with Gasteiger partial charge in [0.05, 0.1) is 30.9 Å². The van der Waals surface area contributed by atoms with Crippen LogP contribution in [-0.4, -0.2) is 53.4 Å². The average molecular weight is 545 g/mol. The lowest BCUT2D eigenvalue weighted by atomic mass is 10.00. The molecule has 208 valence electrons. The van der Waals surface area contributed by atoms with E-state index >= 15 is 0 Å². The second-order valence-electron chi connectivity index (χ2n) is 10.1. The van der Waals surface area contributed by atoms with Gasteiger partial charge in [0.2, 0.25) is 0 Å². The Hall–Kier alpha value is -3.60. The molecule has 7 nitrogen and oxygen atoms in total. The van der Waals surface area contributed by atoms with Crippen LogP contribution < -0.4 is 15.1 Å². The van der Waals surface area contributed by atoms with Crippen LogP contribution in [0, 0.1) is 12.7 Å². The molecule has 2 amide bonds. The Labute approximate surface area is 225 Å². The molecule has 3 heterocycles. The molecule has 1 fully saturated rings. The van der Waals surface area contributed by atoms with Crippen LogP contribution >= 0.6 is 0 Å². The predicted molar refractivity (Wildman–Crippen MR) is 141 cm³/mol. The lowest BCUT2D eigenvalue weighted by Crippen LogP contribution is -2.54. The number of halogens is 4. The fourth-order valence-corrected chi connectivity index (χ4v) is 5.59. The molecular weight excluding hydrogens is 512 g/mol. The van der Waals surface area contributed by atoms with Crippen LogP contribution in [0.25, 0.3) is 0 Å². The maximum atomic E-state index is 14.6. The highest BCUT2D eigenvalue weighted by Crippen LogP contribution is 2.37. The Balaban J connectivity index is 1.41. The first-order chi connectivity index (χ1) is 18.7. The van der Waals surface area contributed by atoms with E-state index in [0.717, 1.165) is 17.2 Å². The van der Waals surface area contributed by atoms with Gasteiger partial charge in [-0.3, -0.25) is 9.58 Å². The summed E-state index contributed by atoms with van der Waals surface area (Å²) in [5.74, 6) is 0.124. The quantitative estimate of drug-likeness (QED) is 0.417. The maximum Gasteiger partial charge on any atom is 0.416 e. The van der Waals surface area contributed by atoms with Crippen molar-refractivity contribution in [2.24, 2.45) is 0 Å². The van der Waals surface area contributed by atoms with Crippen molar-refractivity contribution in [3.63, 3.8) is 0 Å². The van der Waals surface area contributed by atoms with Gasteiger partial charge in [-0.25, -0.2) is 9.18 Å². The number of amides is 2. The monoisotopic (exact) mass is 544 g/mol. The molecule has 1 aromatic heterocycles. The van der Waals surface area contributed by atoms with E-state index in [-0.39, 0.29) is 30.0 Å². The van der Waals surface area contributed by atoms with Gasteiger partial charge in [-0.15, -0.1) is 0 Å². The number of aryl methyl sites for hydroxylation is 1. The number of rotatable bonds is 7. The molecule has 1 N–H and O–H groups in total. The van der Waals surface area contributed by atoms with Crippen molar-refractivity contribution in [3.05, 3.63) is 76.7 Å². The summed E-state index contributed by atoms with van der Waals surface area (Å²) >= 11 is 0. The zero-order valence-corrected chi connectivity index (χ0v) is 22.0. The fraction of sp³-hybridized carbons (Fsp3) is 0.429. The third-order valence-corrected chi connectivity index (χ3v) is 7.54. The standard InChI is InChI=1S/C28H32F4N6O/c1-19-6-5-9-24(29)25(19)35-13-10-22(11-14-35)37-18-21-16-36(15-12-33-2)34-26(21)38(27(37)39)17-20-7-3-4-8-23(20)28(30,31)32/h3-9,16,22,33H,10-15,17-18H2,1-2H3. The Morgan fingerprint density at radius 2 is 1.82 bits per heavy atom. The van der Waals surface area contributed by atoms with Crippen LogP contribution in [0.15, 0.2) is 48.7 Å². The van der Waals surface area contributed by atoms with E-state index in [1.807, 2.05) is 31.1 Å². The number of carbonyl (C=O) groups is 1. The molecule has 11 heteroatoms. The molecule has 3 aromatic rings. The van der Waals surface area contributed by atoms with Crippen molar-refractivity contribution >= 4 is 17.5 Å². The smallest absolute Gasteiger partial charge is 0.369 e. The van der Waals surface area contributed by atoms with E-state index in [4.69, 9.17) is 0 Å². The van der Waals surface area contributed by atoms with Gasteiger partial charge in [0.1, 0.15) is 5.82 Å². The number of carbonyl (C=O) groups excluding carboxylic acids is 1. The SMILES string of the molecule is CNCCn1cc2c(n1)N(Cc1ccccc1C(F)(F)F)C(=O)N(C1CCN(c3c(C)cccc3F)CC1)C2. The summed E-state index contributed by atoms with van der Waals surface area (Å²) in [4.78, 5) is 19.0. The number of alkyl halides is 3. The third kappa shape index (κ3) is 5.45. The number of urea groups is 1. The predicted octanol–water partition coefficient (Wildman–Crippen LogP) is 5.18. The molecule has 2 aliphatic heterocycles.